The van der Waals surface area contributed by atoms with Crippen LogP contribution in [0.4, 0.5) is 0 Å². The van der Waals surface area contributed by atoms with Gasteiger partial charge in [0.1, 0.15) is 17.0 Å². The van der Waals surface area contributed by atoms with Crippen molar-refractivity contribution in [3.8, 4) is 0 Å². The zero-order valence-electron chi connectivity index (χ0n) is 18.6. The molecule has 1 aliphatic carbocycles. The number of carbonyl (C=O) groups is 3. The molecule has 1 aromatic heterocycles. The van der Waals surface area contributed by atoms with Crippen LogP contribution in [-0.2, 0) is 24.4 Å². The molecule has 2 saturated heterocycles. The summed E-state index contributed by atoms with van der Waals surface area (Å²) in [5.41, 5.74) is -0.942. The summed E-state index contributed by atoms with van der Waals surface area (Å²) in [4.78, 5) is 43.5. The highest BCUT2D eigenvalue weighted by Gasteiger charge is 2.50. The summed E-state index contributed by atoms with van der Waals surface area (Å²) in [6.07, 6.45) is 8.96. The number of thioether (sulfide) groups is 1. The predicted octanol–water partition coefficient (Wildman–Crippen LogP) is 1.93. The maximum absolute atomic E-state index is 13.0. The van der Waals surface area contributed by atoms with Crippen LogP contribution in [0.2, 0.25) is 0 Å². The molecule has 3 aliphatic rings. The average Bonchev–Trinajstić information content (AvgIpc) is 3.11. The van der Waals surface area contributed by atoms with E-state index in [1.807, 2.05) is 0 Å². The van der Waals surface area contributed by atoms with Crippen LogP contribution < -0.4 is 5.32 Å². The molecule has 180 valence electrons. The van der Waals surface area contributed by atoms with Crippen molar-refractivity contribution < 1.29 is 22.8 Å². The van der Waals surface area contributed by atoms with Crippen molar-refractivity contribution in [2.45, 2.75) is 73.2 Å². The highest BCUT2D eigenvalue weighted by molar-refractivity contribution is 7.99. The number of carbonyl (C=O) groups excluding carboxylic acids is 3. The Hall–Kier alpha value is -1.98. The number of pyridine rings is 1. The molecule has 0 radical (unpaired) electrons. The van der Waals surface area contributed by atoms with E-state index in [9.17, 15) is 22.8 Å². The smallest absolute Gasteiger partial charge is 0.252 e. The fraction of sp³-hybridized carbons (Fsp3) is 0.636. The highest BCUT2D eigenvalue weighted by atomic mass is 32.2. The van der Waals surface area contributed by atoms with E-state index >= 15 is 0 Å². The third-order valence-electron chi connectivity index (χ3n) is 6.73. The van der Waals surface area contributed by atoms with Gasteiger partial charge in [-0.05, 0) is 37.8 Å². The fourth-order valence-electron chi connectivity index (χ4n) is 4.91. The first-order chi connectivity index (χ1) is 15.8. The molecule has 4 rings (SSSR count). The minimum absolute atomic E-state index is 0.0214. The minimum atomic E-state index is -3.58. The molecule has 0 aromatic carbocycles. The van der Waals surface area contributed by atoms with Gasteiger partial charge in [0.25, 0.3) is 5.91 Å². The van der Waals surface area contributed by atoms with E-state index in [1.165, 1.54) is 33.2 Å². The van der Waals surface area contributed by atoms with Gasteiger partial charge in [-0.15, -0.1) is 0 Å². The Balaban J connectivity index is 1.42. The average molecular weight is 495 g/mol. The maximum atomic E-state index is 13.0. The predicted molar refractivity (Wildman–Crippen MR) is 123 cm³/mol. The van der Waals surface area contributed by atoms with Gasteiger partial charge in [0.15, 0.2) is 0 Å². The first kappa shape index (κ1) is 24.2. The molecule has 0 unspecified atom stereocenters. The second kappa shape index (κ2) is 10.1. The number of hydrogen-bond acceptors (Lipinski definition) is 7. The van der Waals surface area contributed by atoms with Crippen molar-refractivity contribution in [1.82, 2.24) is 19.5 Å². The van der Waals surface area contributed by atoms with Crippen LogP contribution in [0.15, 0.2) is 28.3 Å². The van der Waals surface area contributed by atoms with Crippen molar-refractivity contribution >= 4 is 39.5 Å². The number of imide groups is 1. The van der Waals surface area contributed by atoms with Crippen LogP contribution in [-0.4, -0.2) is 71.3 Å². The molecule has 9 nitrogen and oxygen atoms in total. The van der Waals surface area contributed by atoms with E-state index in [1.54, 1.807) is 6.07 Å². The molecule has 33 heavy (non-hydrogen) atoms. The van der Waals surface area contributed by atoms with Gasteiger partial charge in [0.05, 0.1) is 10.8 Å². The summed E-state index contributed by atoms with van der Waals surface area (Å²) < 4.78 is 27.3. The van der Waals surface area contributed by atoms with E-state index in [0.717, 1.165) is 44.9 Å². The molecule has 1 spiro atoms. The van der Waals surface area contributed by atoms with Crippen LogP contribution in [0.25, 0.3) is 0 Å². The van der Waals surface area contributed by atoms with Gasteiger partial charge in [0, 0.05) is 19.3 Å². The highest BCUT2D eigenvalue weighted by Crippen LogP contribution is 2.36. The second-order valence-electron chi connectivity index (χ2n) is 8.89. The maximum Gasteiger partial charge on any atom is 0.252 e. The monoisotopic (exact) mass is 494 g/mol. The normalized spacial score (nSPS) is 22.1. The number of nitrogens with zero attached hydrogens (tertiary/aromatic N) is 3. The molecule has 1 saturated carbocycles. The van der Waals surface area contributed by atoms with Gasteiger partial charge >= 0.3 is 0 Å². The summed E-state index contributed by atoms with van der Waals surface area (Å²) in [5, 5.41) is 2.92. The quantitative estimate of drug-likeness (QED) is 0.491. The lowest BCUT2D eigenvalue weighted by molar-refractivity contribution is -0.158. The molecule has 2 aliphatic heterocycles. The molecule has 1 N–H and O–H groups in total. The number of rotatable bonds is 5. The zero-order valence-corrected chi connectivity index (χ0v) is 20.3. The number of hydrogen-bond donors (Lipinski definition) is 1. The lowest BCUT2D eigenvalue weighted by Crippen LogP contribution is -2.69. The van der Waals surface area contributed by atoms with Gasteiger partial charge in [-0.2, -0.15) is 4.31 Å². The third kappa shape index (κ3) is 5.09. The minimum Gasteiger partial charge on any atom is -0.318 e. The van der Waals surface area contributed by atoms with Crippen molar-refractivity contribution in [2.75, 3.05) is 25.4 Å². The zero-order chi connectivity index (χ0) is 23.5. The first-order valence-corrected chi connectivity index (χ1v) is 14.0. The molecular formula is C22H30N4O5S2. The second-order valence-corrected chi connectivity index (χ2v) is 11.8. The van der Waals surface area contributed by atoms with Crippen LogP contribution in [0, 0.1) is 0 Å². The first-order valence-electron chi connectivity index (χ1n) is 11.6. The van der Waals surface area contributed by atoms with E-state index in [-0.39, 0.29) is 29.0 Å². The molecule has 3 amide bonds. The molecular weight excluding hydrogens is 464 g/mol. The van der Waals surface area contributed by atoms with Crippen molar-refractivity contribution in [3.63, 3.8) is 0 Å². The number of piperazine rings is 1. The van der Waals surface area contributed by atoms with Gasteiger partial charge in [0.2, 0.25) is 21.8 Å². The lowest BCUT2D eigenvalue weighted by Gasteiger charge is -2.47. The van der Waals surface area contributed by atoms with Crippen molar-refractivity contribution in [3.05, 3.63) is 18.3 Å². The fourth-order valence-corrected chi connectivity index (χ4v) is 7.09. The number of aromatic nitrogens is 1. The Morgan fingerprint density at radius 2 is 1.70 bits per heavy atom. The summed E-state index contributed by atoms with van der Waals surface area (Å²) >= 11 is 1.18. The van der Waals surface area contributed by atoms with Crippen LogP contribution >= 0.6 is 11.8 Å². The number of nitrogens with one attached hydrogen (secondary N) is 1. The Kier molecular flexibility index (Phi) is 7.40. The van der Waals surface area contributed by atoms with Gasteiger partial charge in [-0.3, -0.25) is 19.7 Å². The molecule has 0 bridgehead atoms. The third-order valence-corrected chi connectivity index (χ3v) is 9.54. The van der Waals surface area contributed by atoms with Crippen molar-refractivity contribution in [1.29, 1.82) is 0 Å². The summed E-state index contributed by atoms with van der Waals surface area (Å²) in [5.74, 6) is -1.10. The Morgan fingerprint density at radius 1 is 1.03 bits per heavy atom. The number of sulfonamides is 1. The van der Waals surface area contributed by atoms with Gasteiger partial charge < -0.3 is 4.90 Å². The van der Waals surface area contributed by atoms with Crippen molar-refractivity contribution in [2.24, 2.45) is 0 Å². The van der Waals surface area contributed by atoms with Gasteiger partial charge in [-0.1, -0.05) is 43.9 Å². The van der Waals surface area contributed by atoms with E-state index < -0.39 is 21.5 Å². The summed E-state index contributed by atoms with van der Waals surface area (Å²) in [7, 11) is -3.58. The van der Waals surface area contributed by atoms with Gasteiger partial charge in [-0.25, -0.2) is 13.4 Å². The van der Waals surface area contributed by atoms with Crippen LogP contribution in [0.1, 0.15) is 57.8 Å². The van der Waals surface area contributed by atoms with Crippen LogP contribution in [0.5, 0.6) is 0 Å². The summed E-state index contributed by atoms with van der Waals surface area (Å²) in [6, 6.07) is 3.13. The molecule has 3 fully saturated rings. The molecule has 1 aromatic rings. The SMILES string of the molecule is O=C1CN(C(=O)CSc2ccc(S(=O)(=O)N3CCCCCC3)cn2)C2(CCCCC2)C(=O)N1. The Morgan fingerprint density at radius 3 is 2.33 bits per heavy atom. The number of amides is 3. The molecule has 3 heterocycles. The van der Waals surface area contributed by atoms with E-state index in [0.29, 0.717) is 31.0 Å². The Labute approximate surface area is 198 Å². The Bertz CT molecular complexity index is 998. The topological polar surface area (TPSA) is 117 Å². The summed E-state index contributed by atoms with van der Waals surface area (Å²) in [6.45, 7) is 0.931. The molecule has 11 heteroatoms. The van der Waals surface area contributed by atoms with E-state index in [2.05, 4.69) is 10.3 Å². The standard InChI is InChI=1S/C22H30N4O5S2/c27-18-15-26(22(21(29)24-18)10-4-3-5-11-22)20(28)16-32-19-9-8-17(14-23-19)33(30,31)25-12-6-1-2-7-13-25/h8-9,14H,1-7,10-13,15-16H2,(H,24,27,29). The largest absolute Gasteiger partial charge is 0.318 e. The molecule has 0 atom stereocenters. The van der Waals surface area contributed by atoms with Crippen LogP contribution in [0.3, 0.4) is 0 Å². The lowest BCUT2D eigenvalue weighted by atomic mass is 9.78. The van der Waals surface area contributed by atoms with E-state index in [4.69, 9.17) is 0 Å².